The molecule has 0 aliphatic carbocycles. The van der Waals surface area contributed by atoms with E-state index in [2.05, 4.69) is 26.0 Å². The lowest BCUT2D eigenvalue weighted by Crippen LogP contribution is -2.06. The lowest BCUT2D eigenvalue weighted by molar-refractivity contribution is 0.282. The van der Waals surface area contributed by atoms with E-state index in [1.807, 2.05) is 18.2 Å². The van der Waals surface area contributed by atoms with Crippen LogP contribution in [0.1, 0.15) is 11.1 Å². The number of hydrogen-bond donors (Lipinski definition) is 0. The molecule has 109 valence electrons. The van der Waals surface area contributed by atoms with Gasteiger partial charge in [0.1, 0.15) is 11.9 Å². The van der Waals surface area contributed by atoms with Crippen LogP contribution in [0.3, 0.4) is 0 Å². The molecule has 1 aliphatic rings. The van der Waals surface area contributed by atoms with Crippen molar-refractivity contribution in [1.82, 2.24) is 0 Å². The molecule has 1 heterocycles. The van der Waals surface area contributed by atoms with Gasteiger partial charge in [0.2, 0.25) is 0 Å². The van der Waals surface area contributed by atoms with Gasteiger partial charge in [0.25, 0.3) is 0 Å². The zero-order valence-corrected chi connectivity index (χ0v) is 12.6. The topological polar surface area (TPSA) is 27.7 Å². The van der Waals surface area contributed by atoms with E-state index in [1.54, 1.807) is 14.2 Å². The molecule has 0 amide bonds. The van der Waals surface area contributed by atoms with E-state index in [-0.39, 0.29) is 6.10 Å². The molecule has 1 aliphatic heterocycles. The van der Waals surface area contributed by atoms with Gasteiger partial charge in [-0.2, -0.15) is 0 Å². The number of para-hydroxylation sites is 1. The molecule has 3 nitrogen and oxygen atoms in total. The van der Waals surface area contributed by atoms with Crippen LogP contribution >= 0.6 is 0 Å². The van der Waals surface area contributed by atoms with E-state index < -0.39 is 0 Å². The Morgan fingerprint density at radius 2 is 1.95 bits per heavy atom. The first-order valence-corrected chi connectivity index (χ1v) is 6.98. The molecule has 0 aromatic heterocycles. The average molecular weight is 283 g/mol. The van der Waals surface area contributed by atoms with Gasteiger partial charge in [-0.3, -0.25) is 0 Å². The SMILES string of the molecule is [CH2]C1Cc2cc(C)cc(-c3cccc(OC)c3OC)c2O1. The summed E-state index contributed by atoms with van der Waals surface area (Å²) in [5, 5.41) is 0. The van der Waals surface area contributed by atoms with Crippen LogP contribution in [0.4, 0.5) is 0 Å². The summed E-state index contributed by atoms with van der Waals surface area (Å²) >= 11 is 0. The number of fused-ring (bicyclic) bond motifs is 1. The standard InChI is InChI=1S/C18H19O3/c1-11-8-13-10-12(2)21-17(13)15(9-11)14-6-5-7-16(19-3)18(14)20-4/h5-9,12H,2,10H2,1,3-4H3. The molecule has 2 aromatic carbocycles. The molecule has 0 saturated heterocycles. The van der Waals surface area contributed by atoms with Crippen molar-refractivity contribution in [2.24, 2.45) is 0 Å². The Hall–Kier alpha value is -2.16. The highest BCUT2D eigenvalue weighted by Gasteiger charge is 2.25. The molecule has 3 heteroatoms. The van der Waals surface area contributed by atoms with Gasteiger partial charge in [-0.25, -0.2) is 0 Å². The zero-order chi connectivity index (χ0) is 15.0. The van der Waals surface area contributed by atoms with Gasteiger partial charge in [0, 0.05) is 17.5 Å². The second-order valence-corrected chi connectivity index (χ2v) is 5.29. The van der Waals surface area contributed by atoms with Crippen LogP contribution in [0.5, 0.6) is 17.2 Å². The van der Waals surface area contributed by atoms with Gasteiger partial charge < -0.3 is 14.2 Å². The first-order valence-electron chi connectivity index (χ1n) is 6.98. The number of hydrogen-bond acceptors (Lipinski definition) is 3. The minimum atomic E-state index is -0.0304. The summed E-state index contributed by atoms with van der Waals surface area (Å²) in [6.45, 7) is 6.10. The summed E-state index contributed by atoms with van der Waals surface area (Å²) in [7, 11) is 3.30. The highest BCUT2D eigenvalue weighted by Crippen LogP contribution is 2.45. The fraction of sp³-hybridized carbons (Fsp3) is 0.278. The van der Waals surface area contributed by atoms with Crippen LogP contribution in [0, 0.1) is 13.8 Å². The van der Waals surface area contributed by atoms with Crippen LogP contribution < -0.4 is 14.2 Å². The Morgan fingerprint density at radius 1 is 1.14 bits per heavy atom. The fourth-order valence-electron chi connectivity index (χ4n) is 2.89. The second-order valence-electron chi connectivity index (χ2n) is 5.29. The third-order valence-corrected chi connectivity index (χ3v) is 3.74. The lowest BCUT2D eigenvalue weighted by atomic mass is 9.97. The Balaban J connectivity index is 2.23. The number of benzene rings is 2. The predicted octanol–water partition coefficient (Wildman–Crippen LogP) is 3.82. The molecule has 3 rings (SSSR count). The number of rotatable bonds is 3. The van der Waals surface area contributed by atoms with Crippen LogP contribution in [0.15, 0.2) is 30.3 Å². The van der Waals surface area contributed by atoms with Gasteiger partial charge in [-0.1, -0.05) is 18.2 Å². The largest absolute Gasteiger partial charge is 0.493 e. The predicted molar refractivity (Wildman–Crippen MR) is 83.2 cm³/mol. The van der Waals surface area contributed by atoms with E-state index in [4.69, 9.17) is 14.2 Å². The van der Waals surface area contributed by atoms with Crippen molar-refractivity contribution in [2.45, 2.75) is 19.4 Å². The van der Waals surface area contributed by atoms with Crippen LogP contribution in [0.25, 0.3) is 11.1 Å². The lowest BCUT2D eigenvalue weighted by Gasteiger charge is -2.16. The smallest absolute Gasteiger partial charge is 0.168 e. The summed E-state index contributed by atoms with van der Waals surface area (Å²) in [6.07, 6.45) is 0.813. The molecule has 1 unspecified atom stereocenters. The van der Waals surface area contributed by atoms with Crippen LogP contribution in [0.2, 0.25) is 0 Å². The fourth-order valence-corrected chi connectivity index (χ4v) is 2.89. The quantitative estimate of drug-likeness (QED) is 0.857. The third-order valence-electron chi connectivity index (χ3n) is 3.74. The molecule has 0 spiro atoms. The summed E-state index contributed by atoms with van der Waals surface area (Å²) in [6, 6.07) is 10.2. The maximum absolute atomic E-state index is 5.91. The van der Waals surface area contributed by atoms with E-state index in [1.165, 1.54) is 11.1 Å². The first-order chi connectivity index (χ1) is 10.1. The number of ether oxygens (including phenoxy) is 3. The third kappa shape index (κ3) is 2.33. The molecule has 0 fully saturated rings. The minimum absolute atomic E-state index is 0.0304. The normalized spacial score (nSPS) is 16.3. The molecular formula is C18H19O3. The van der Waals surface area contributed by atoms with Gasteiger partial charge in [0.15, 0.2) is 11.5 Å². The Labute approximate surface area is 125 Å². The van der Waals surface area contributed by atoms with Crippen molar-refractivity contribution in [3.05, 3.63) is 48.4 Å². The maximum Gasteiger partial charge on any atom is 0.168 e. The molecule has 0 bridgehead atoms. The van der Waals surface area contributed by atoms with Crippen molar-refractivity contribution in [2.75, 3.05) is 14.2 Å². The maximum atomic E-state index is 5.91. The molecule has 21 heavy (non-hydrogen) atoms. The van der Waals surface area contributed by atoms with E-state index in [0.717, 1.165) is 34.8 Å². The van der Waals surface area contributed by atoms with Gasteiger partial charge >= 0.3 is 0 Å². The van der Waals surface area contributed by atoms with Crippen molar-refractivity contribution in [3.63, 3.8) is 0 Å². The molecule has 0 N–H and O–H groups in total. The molecular weight excluding hydrogens is 264 g/mol. The number of aryl methyl sites for hydroxylation is 1. The van der Waals surface area contributed by atoms with Crippen LogP contribution in [-0.4, -0.2) is 20.3 Å². The van der Waals surface area contributed by atoms with Crippen molar-refractivity contribution >= 4 is 0 Å². The molecule has 0 saturated carbocycles. The molecule has 2 aromatic rings. The molecule has 1 atom stereocenters. The van der Waals surface area contributed by atoms with Gasteiger partial charge in [0.05, 0.1) is 14.2 Å². The first kappa shape index (κ1) is 13.8. The van der Waals surface area contributed by atoms with E-state index in [0.29, 0.717) is 0 Å². The van der Waals surface area contributed by atoms with Crippen LogP contribution in [-0.2, 0) is 6.42 Å². The molecule has 1 radical (unpaired) electrons. The van der Waals surface area contributed by atoms with Gasteiger partial charge in [-0.15, -0.1) is 0 Å². The highest BCUT2D eigenvalue weighted by atomic mass is 16.5. The zero-order valence-electron chi connectivity index (χ0n) is 12.6. The van der Waals surface area contributed by atoms with Gasteiger partial charge in [-0.05, 0) is 37.1 Å². The number of methoxy groups -OCH3 is 2. The Kier molecular flexibility index (Phi) is 3.50. The van der Waals surface area contributed by atoms with Crippen molar-refractivity contribution in [3.8, 4) is 28.4 Å². The monoisotopic (exact) mass is 283 g/mol. The summed E-state index contributed by atoms with van der Waals surface area (Å²) in [4.78, 5) is 0. The summed E-state index contributed by atoms with van der Waals surface area (Å²) in [5.41, 5.74) is 4.42. The Bertz CT molecular complexity index is 676. The highest BCUT2D eigenvalue weighted by molar-refractivity contribution is 5.80. The summed E-state index contributed by atoms with van der Waals surface area (Å²) in [5.74, 6) is 2.35. The minimum Gasteiger partial charge on any atom is -0.493 e. The Morgan fingerprint density at radius 3 is 2.67 bits per heavy atom. The second kappa shape index (κ2) is 5.32. The van der Waals surface area contributed by atoms with E-state index >= 15 is 0 Å². The van der Waals surface area contributed by atoms with Crippen molar-refractivity contribution in [1.29, 1.82) is 0 Å². The van der Waals surface area contributed by atoms with Crippen molar-refractivity contribution < 1.29 is 14.2 Å². The van der Waals surface area contributed by atoms with E-state index in [9.17, 15) is 0 Å². The average Bonchev–Trinajstić information content (AvgIpc) is 2.85. The summed E-state index contributed by atoms with van der Waals surface area (Å²) < 4.78 is 16.9.